The minimum Gasteiger partial charge on any atom is -0.476 e. The zero-order valence-corrected chi connectivity index (χ0v) is 7.47. The molecule has 0 spiro atoms. The first kappa shape index (κ1) is 7.49. The van der Waals surface area contributed by atoms with E-state index in [-0.39, 0.29) is 0 Å². The van der Waals surface area contributed by atoms with Crippen LogP contribution in [0.2, 0.25) is 0 Å². The van der Waals surface area contributed by atoms with Crippen molar-refractivity contribution >= 4 is 21.6 Å². The fourth-order valence-electron chi connectivity index (χ4n) is 1.01. The second-order valence-electron chi connectivity index (χ2n) is 2.25. The van der Waals surface area contributed by atoms with E-state index in [1.54, 1.807) is 23.0 Å². The summed E-state index contributed by atoms with van der Waals surface area (Å²) in [5.41, 5.74) is 2.67. The van der Waals surface area contributed by atoms with E-state index < -0.39 is 0 Å². The summed E-state index contributed by atoms with van der Waals surface area (Å²) in [6.45, 7) is 2.57. The monoisotopic (exact) mass is 180 g/mol. The van der Waals surface area contributed by atoms with Gasteiger partial charge in [-0.25, -0.2) is 9.97 Å². The van der Waals surface area contributed by atoms with Crippen LogP contribution < -0.4 is 4.74 Å². The maximum absolute atomic E-state index is 5.31. The molecule has 2 rings (SSSR count). The van der Waals surface area contributed by atoms with Gasteiger partial charge in [-0.1, -0.05) is 0 Å². The Morgan fingerprint density at radius 2 is 2.42 bits per heavy atom. The van der Waals surface area contributed by atoms with Gasteiger partial charge in [0.05, 0.1) is 16.8 Å². The summed E-state index contributed by atoms with van der Waals surface area (Å²) in [6, 6.07) is 1.94. The van der Waals surface area contributed by atoms with Crippen LogP contribution in [-0.2, 0) is 0 Å². The van der Waals surface area contributed by atoms with Crippen LogP contribution in [0.5, 0.6) is 5.88 Å². The number of hydrogen-bond acceptors (Lipinski definition) is 4. The SMILES string of the molecule is CCOc1nccc2scnc12. The third-order valence-electron chi connectivity index (χ3n) is 1.50. The molecule has 0 aliphatic rings. The van der Waals surface area contributed by atoms with Gasteiger partial charge in [-0.2, -0.15) is 0 Å². The molecule has 0 fully saturated rings. The molecule has 3 nitrogen and oxygen atoms in total. The van der Waals surface area contributed by atoms with E-state index in [9.17, 15) is 0 Å². The van der Waals surface area contributed by atoms with Crippen molar-refractivity contribution in [1.82, 2.24) is 9.97 Å². The maximum Gasteiger partial charge on any atom is 0.241 e. The Morgan fingerprint density at radius 1 is 1.50 bits per heavy atom. The van der Waals surface area contributed by atoms with Gasteiger partial charge < -0.3 is 4.74 Å². The van der Waals surface area contributed by atoms with E-state index in [4.69, 9.17) is 4.74 Å². The number of ether oxygens (including phenoxy) is 1. The summed E-state index contributed by atoms with van der Waals surface area (Å²) in [7, 11) is 0. The average Bonchev–Trinajstić information content (AvgIpc) is 2.53. The molecule has 0 unspecified atom stereocenters. The molecular weight excluding hydrogens is 172 g/mol. The first-order chi connectivity index (χ1) is 5.92. The third-order valence-corrected chi connectivity index (χ3v) is 2.29. The van der Waals surface area contributed by atoms with E-state index in [2.05, 4.69) is 9.97 Å². The van der Waals surface area contributed by atoms with Gasteiger partial charge >= 0.3 is 0 Å². The van der Waals surface area contributed by atoms with Crippen molar-refractivity contribution in [2.45, 2.75) is 6.92 Å². The highest BCUT2D eigenvalue weighted by molar-refractivity contribution is 7.16. The number of hydrogen-bond donors (Lipinski definition) is 0. The van der Waals surface area contributed by atoms with Gasteiger partial charge in [0.2, 0.25) is 5.88 Å². The Balaban J connectivity index is 2.57. The van der Waals surface area contributed by atoms with Crippen LogP contribution in [0.1, 0.15) is 6.92 Å². The molecule has 4 heteroatoms. The van der Waals surface area contributed by atoms with Gasteiger partial charge in [-0.3, -0.25) is 0 Å². The van der Waals surface area contributed by atoms with Crippen molar-refractivity contribution < 1.29 is 4.74 Å². The summed E-state index contributed by atoms with van der Waals surface area (Å²) >= 11 is 1.60. The largest absolute Gasteiger partial charge is 0.476 e. The zero-order chi connectivity index (χ0) is 8.39. The number of fused-ring (bicyclic) bond motifs is 1. The molecule has 0 aromatic carbocycles. The Morgan fingerprint density at radius 3 is 3.25 bits per heavy atom. The predicted molar refractivity (Wildman–Crippen MR) is 48.6 cm³/mol. The zero-order valence-electron chi connectivity index (χ0n) is 6.65. The number of aromatic nitrogens is 2. The van der Waals surface area contributed by atoms with Crippen molar-refractivity contribution in [3.8, 4) is 5.88 Å². The summed E-state index contributed by atoms with van der Waals surface area (Å²) < 4.78 is 6.43. The second kappa shape index (κ2) is 3.06. The summed E-state index contributed by atoms with van der Waals surface area (Å²) in [5, 5.41) is 0. The first-order valence-corrected chi connectivity index (χ1v) is 4.61. The molecule has 0 aliphatic carbocycles. The molecule has 62 valence electrons. The number of pyridine rings is 1. The van der Waals surface area contributed by atoms with Crippen LogP contribution in [0.3, 0.4) is 0 Å². The number of nitrogens with zero attached hydrogens (tertiary/aromatic N) is 2. The lowest BCUT2D eigenvalue weighted by molar-refractivity contribution is 0.330. The molecule has 2 heterocycles. The molecule has 0 bridgehead atoms. The van der Waals surface area contributed by atoms with Gasteiger partial charge in [0.25, 0.3) is 0 Å². The molecule has 0 saturated heterocycles. The third kappa shape index (κ3) is 1.14. The van der Waals surface area contributed by atoms with E-state index in [0.29, 0.717) is 12.5 Å². The standard InChI is InChI=1S/C8H8N2OS/c1-2-11-8-7-6(3-4-9-8)12-5-10-7/h3-5H,2H2,1H3. The highest BCUT2D eigenvalue weighted by atomic mass is 32.1. The van der Waals surface area contributed by atoms with Crippen molar-refractivity contribution in [3.63, 3.8) is 0 Å². The topological polar surface area (TPSA) is 35.0 Å². The van der Waals surface area contributed by atoms with E-state index in [1.165, 1.54) is 0 Å². The lowest BCUT2D eigenvalue weighted by atomic mass is 10.4. The molecular formula is C8H8N2OS. The summed E-state index contributed by atoms with van der Waals surface area (Å²) in [5.74, 6) is 0.635. The smallest absolute Gasteiger partial charge is 0.241 e. The van der Waals surface area contributed by atoms with E-state index in [0.717, 1.165) is 10.2 Å². The number of rotatable bonds is 2. The van der Waals surface area contributed by atoms with Crippen molar-refractivity contribution in [2.24, 2.45) is 0 Å². The van der Waals surface area contributed by atoms with Crippen LogP contribution in [0.15, 0.2) is 17.8 Å². The van der Waals surface area contributed by atoms with Crippen molar-refractivity contribution in [3.05, 3.63) is 17.8 Å². The maximum atomic E-state index is 5.31. The Bertz CT molecular complexity index is 385. The normalized spacial score (nSPS) is 10.4. The Hall–Kier alpha value is -1.16. The van der Waals surface area contributed by atoms with Crippen LogP contribution in [0.25, 0.3) is 10.2 Å². The van der Waals surface area contributed by atoms with Gasteiger partial charge in [0.1, 0.15) is 5.52 Å². The van der Waals surface area contributed by atoms with Gasteiger partial charge in [-0.15, -0.1) is 11.3 Å². The lowest BCUT2D eigenvalue weighted by Crippen LogP contribution is -1.94. The molecule has 0 atom stereocenters. The highest BCUT2D eigenvalue weighted by Crippen LogP contribution is 2.24. The molecule has 0 aliphatic heterocycles. The summed E-state index contributed by atoms with van der Waals surface area (Å²) in [4.78, 5) is 8.26. The Kier molecular flexibility index (Phi) is 1.91. The number of thiazole rings is 1. The Labute approximate surface area is 74.0 Å². The molecule has 0 amide bonds. The molecule has 2 aromatic rings. The van der Waals surface area contributed by atoms with Crippen molar-refractivity contribution in [2.75, 3.05) is 6.61 Å². The molecule has 0 saturated carbocycles. The van der Waals surface area contributed by atoms with Crippen LogP contribution in [0, 0.1) is 0 Å². The van der Waals surface area contributed by atoms with E-state index in [1.807, 2.05) is 13.0 Å². The van der Waals surface area contributed by atoms with E-state index >= 15 is 0 Å². The molecule has 2 aromatic heterocycles. The lowest BCUT2D eigenvalue weighted by Gasteiger charge is -2.00. The summed E-state index contributed by atoms with van der Waals surface area (Å²) in [6.07, 6.45) is 1.74. The minimum absolute atomic E-state index is 0.629. The fourth-order valence-corrected chi connectivity index (χ4v) is 1.67. The van der Waals surface area contributed by atoms with Gasteiger partial charge in [0, 0.05) is 6.20 Å². The molecule has 12 heavy (non-hydrogen) atoms. The van der Waals surface area contributed by atoms with Crippen molar-refractivity contribution in [1.29, 1.82) is 0 Å². The minimum atomic E-state index is 0.629. The van der Waals surface area contributed by atoms with Crippen LogP contribution in [-0.4, -0.2) is 16.6 Å². The first-order valence-electron chi connectivity index (χ1n) is 3.73. The molecule has 0 N–H and O–H groups in total. The highest BCUT2D eigenvalue weighted by Gasteiger charge is 2.03. The van der Waals surface area contributed by atoms with Gasteiger partial charge in [-0.05, 0) is 13.0 Å². The van der Waals surface area contributed by atoms with Crippen LogP contribution >= 0.6 is 11.3 Å². The van der Waals surface area contributed by atoms with Gasteiger partial charge in [0.15, 0.2) is 0 Å². The predicted octanol–water partition coefficient (Wildman–Crippen LogP) is 2.09. The quantitative estimate of drug-likeness (QED) is 0.709. The molecule has 0 radical (unpaired) electrons. The fraction of sp³-hybridized carbons (Fsp3) is 0.250. The van der Waals surface area contributed by atoms with Crippen LogP contribution in [0.4, 0.5) is 0 Å². The second-order valence-corrected chi connectivity index (χ2v) is 3.13. The average molecular weight is 180 g/mol.